The van der Waals surface area contributed by atoms with E-state index in [1.807, 2.05) is 51.1 Å². The smallest absolute Gasteiger partial charge is 0.338 e. The van der Waals surface area contributed by atoms with Crippen molar-refractivity contribution in [2.75, 3.05) is 6.61 Å². The van der Waals surface area contributed by atoms with Crippen molar-refractivity contribution in [1.29, 1.82) is 0 Å². The number of nitrogens with one attached hydrogen (secondary N) is 1. The SMILES string of the molecule is CC1OCC(=O)C1(C)NC(=O)C(CC(C)(C)C)OC(=O)c1ccc2ccccc2c1. The van der Waals surface area contributed by atoms with Gasteiger partial charge in [-0.3, -0.25) is 9.59 Å². The van der Waals surface area contributed by atoms with Gasteiger partial charge in [0, 0.05) is 0 Å². The maximum atomic E-state index is 13.1. The Morgan fingerprint density at radius 2 is 1.87 bits per heavy atom. The molecule has 160 valence electrons. The van der Waals surface area contributed by atoms with Crippen molar-refractivity contribution in [3.8, 4) is 0 Å². The van der Waals surface area contributed by atoms with E-state index in [2.05, 4.69) is 5.32 Å². The lowest BCUT2D eigenvalue weighted by molar-refractivity contribution is -0.136. The van der Waals surface area contributed by atoms with Crippen molar-refractivity contribution < 1.29 is 23.9 Å². The summed E-state index contributed by atoms with van der Waals surface area (Å²) < 4.78 is 11.0. The number of carbonyl (C=O) groups is 3. The van der Waals surface area contributed by atoms with E-state index in [0.29, 0.717) is 12.0 Å². The van der Waals surface area contributed by atoms with Crippen molar-refractivity contribution >= 4 is 28.4 Å². The molecule has 0 saturated carbocycles. The molecule has 1 amide bonds. The molecule has 3 atom stereocenters. The highest BCUT2D eigenvalue weighted by Crippen LogP contribution is 2.27. The van der Waals surface area contributed by atoms with Crippen LogP contribution in [0.15, 0.2) is 42.5 Å². The summed E-state index contributed by atoms with van der Waals surface area (Å²) in [4.78, 5) is 38.2. The summed E-state index contributed by atoms with van der Waals surface area (Å²) in [6.45, 7) is 9.23. The lowest BCUT2D eigenvalue weighted by Crippen LogP contribution is -2.58. The Morgan fingerprint density at radius 3 is 2.47 bits per heavy atom. The molecule has 0 aromatic heterocycles. The number of esters is 1. The number of Topliss-reactive ketones (excluding diaryl/α,β-unsaturated/α-hetero) is 1. The molecule has 6 heteroatoms. The van der Waals surface area contributed by atoms with E-state index in [1.54, 1.807) is 26.0 Å². The monoisotopic (exact) mass is 411 g/mol. The molecule has 1 fully saturated rings. The Hall–Kier alpha value is -2.73. The van der Waals surface area contributed by atoms with Crippen molar-refractivity contribution in [3.05, 3.63) is 48.0 Å². The maximum Gasteiger partial charge on any atom is 0.338 e. The predicted octanol–water partition coefficient (Wildman–Crippen LogP) is 3.66. The minimum atomic E-state index is -1.14. The van der Waals surface area contributed by atoms with Gasteiger partial charge in [0.2, 0.25) is 0 Å². The minimum Gasteiger partial charge on any atom is -0.449 e. The van der Waals surface area contributed by atoms with Gasteiger partial charge in [0.15, 0.2) is 11.9 Å². The zero-order chi connectivity index (χ0) is 22.1. The number of ketones is 1. The molecular weight excluding hydrogens is 382 g/mol. The summed E-state index contributed by atoms with van der Waals surface area (Å²) in [6, 6.07) is 13.0. The number of rotatable bonds is 5. The molecule has 3 rings (SSSR count). The number of carbonyl (C=O) groups excluding carboxylic acids is 3. The van der Waals surface area contributed by atoms with Crippen LogP contribution in [0, 0.1) is 5.41 Å². The molecule has 3 unspecified atom stereocenters. The molecular formula is C24H29NO5. The molecule has 2 aromatic carbocycles. The van der Waals surface area contributed by atoms with Crippen LogP contribution >= 0.6 is 0 Å². The summed E-state index contributed by atoms with van der Waals surface area (Å²) >= 11 is 0. The zero-order valence-electron chi connectivity index (χ0n) is 18.2. The number of hydrogen-bond donors (Lipinski definition) is 1. The van der Waals surface area contributed by atoms with E-state index in [0.717, 1.165) is 10.8 Å². The van der Waals surface area contributed by atoms with Crippen LogP contribution in [0.4, 0.5) is 0 Å². The predicted molar refractivity (Wildman–Crippen MR) is 114 cm³/mol. The first-order valence-electron chi connectivity index (χ1n) is 10.2. The molecule has 1 N–H and O–H groups in total. The number of ether oxygens (including phenoxy) is 2. The third-order valence-electron chi connectivity index (χ3n) is 5.56. The second kappa shape index (κ2) is 8.19. The van der Waals surface area contributed by atoms with Gasteiger partial charge in [-0.1, -0.05) is 51.1 Å². The minimum absolute atomic E-state index is 0.0429. The molecule has 0 radical (unpaired) electrons. The lowest BCUT2D eigenvalue weighted by Gasteiger charge is -2.31. The lowest BCUT2D eigenvalue weighted by atomic mass is 9.87. The Balaban J connectivity index is 1.81. The van der Waals surface area contributed by atoms with Gasteiger partial charge in [-0.2, -0.15) is 0 Å². The van der Waals surface area contributed by atoms with E-state index < -0.39 is 29.6 Å². The topological polar surface area (TPSA) is 81.7 Å². The van der Waals surface area contributed by atoms with Crippen LogP contribution in [0.3, 0.4) is 0 Å². The van der Waals surface area contributed by atoms with Crippen LogP contribution in [0.2, 0.25) is 0 Å². The van der Waals surface area contributed by atoms with Gasteiger partial charge in [-0.25, -0.2) is 4.79 Å². The highest BCUT2D eigenvalue weighted by atomic mass is 16.5. The standard InChI is InChI=1S/C24H29NO5/c1-15-24(5,20(26)14-29-15)25-21(27)19(13-23(2,3)4)30-22(28)18-11-10-16-8-6-7-9-17(16)12-18/h6-12,15,19H,13-14H2,1-5H3,(H,25,27). The van der Waals surface area contributed by atoms with Crippen LogP contribution < -0.4 is 5.32 Å². The summed E-state index contributed by atoms with van der Waals surface area (Å²) in [6.07, 6.45) is -1.17. The molecule has 1 heterocycles. The molecule has 30 heavy (non-hydrogen) atoms. The summed E-state index contributed by atoms with van der Waals surface area (Å²) in [5.74, 6) is -1.26. The highest BCUT2D eigenvalue weighted by molar-refractivity contribution is 5.99. The quantitative estimate of drug-likeness (QED) is 0.760. The van der Waals surface area contributed by atoms with Gasteiger partial charge in [0.1, 0.15) is 12.1 Å². The average Bonchev–Trinajstić information content (AvgIpc) is 2.93. The van der Waals surface area contributed by atoms with Crippen LogP contribution in [-0.4, -0.2) is 42.0 Å². The summed E-state index contributed by atoms with van der Waals surface area (Å²) in [5, 5.41) is 4.70. The van der Waals surface area contributed by atoms with Gasteiger partial charge in [0.05, 0.1) is 11.7 Å². The highest BCUT2D eigenvalue weighted by Gasteiger charge is 2.47. The number of fused-ring (bicyclic) bond motifs is 1. The number of benzene rings is 2. The molecule has 1 aliphatic heterocycles. The van der Waals surface area contributed by atoms with Crippen LogP contribution in [0.1, 0.15) is 51.4 Å². The van der Waals surface area contributed by atoms with Crippen LogP contribution in [-0.2, 0) is 19.1 Å². The van der Waals surface area contributed by atoms with Gasteiger partial charge < -0.3 is 14.8 Å². The van der Waals surface area contributed by atoms with Gasteiger partial charge in [0.25, 0.3) is 5.91 Å². The fourth-order valence-electron chi connectivity index (χ4n) is 3.51. The fourth-order valence-corrected chi connectivity index (χ4v) is 3.51. The van der Waals surface area contributed by atoms with Crippen molar-refractivity contribution in [3.63, 3.8) is 0 Å². The maximum absolute atomic E-state index is 13.1. The van der Waals surface area contributed by atoms with Gasteiger partial charge in [-0.15, -0.1) is 0 Å². The summed E-state index contributed by atoms with van der Waals surface area (Å²) in [7, 11) is 0. The third-order valence-corrected chi connectivity index (χ3v) is 5.56. The van der Waals surface area contributed by atoms with Gasteiger partial charge >= 0.3 is 5.97 Å². The number of amides is 1. The molecule has 0 aliphatic carbocycles. The van der Waals surface area contributed by atoms with Crippen LogP contribution in [0.25, 0.3) is 10.8 Å². The largest absolute Gasteiger partial charge is 0.449 e. The Labute approximate surface area is 176 Å². The van der Waals surface area contributed by atoms with E-state index in [4.69, 9.17) is 9.47 Å². The Bertz CT molecular complexity index is 977. The molecule has 0 bridgehead atoms. The first kappa shape index (κ1) is 22.0. The Morgan fingerprint density at radius 1 is 1.20 bits per heavy atom. The van der Waals surface area contributed by atoms with Crippen LogP contribution in [0.5, 0.6) is 0 Å². The molecule has 0 spiro atoms. The number of hydrogen-bond acceptors (Lipinski definition) is 5. The normalized spacial score (nSPS) is 22.7. The summed E-state index contributed by atoms with van der Waals surface area (Å²) in [5.41, 5.74) is -1.03. The molecule has 1 saturated heterocycles. The fraction of sp³-hybridized carbons (Fsp3) is 0.458. The van der Waals surface area contributed by atoms with Crippen molar-refractivity contribution in [1.82, 2.24) is 5.32 Å². The average molecular weight is 411 g/mol. The molecule has 2 aromatic rings. The zero-order valence-corrected chi connectivity index (χ0v) is 18.2. The first-order chi connectivity index (χ1) is 14.0. The van der Waals surface area contributed by atoms with Gasteiger partial charge in [-0.05, 0) is 48.6 Å². The third kappa shape index (κ3) is 4.70. The molecule has 6 nitrogen and oxygen atoms in total. The van der Waals surface area contributed by atoms with Crippen molar-refractivity contribution in [2.45, 2.75) is 58.8 Å². The second-order valence-corrected chi connectivity index (χ2v) is 9.29. The Kier molecular flexibility index (Phi) is 5.99. The first-order valence-corrected chi connectivity index (χ1v) is 10.2. The van der Waals surface area contributed by atoms with Crippen molar-refractivity contribution in [2.24, 2.45) is 5.41 Å². The van der Waals surface area contributed by atoms with E-state index in [-0.39, 0.29) is 17.8 Å². The van der Waals surface area contributed by atoms with E-state index in [1.165, 1.54) is 0 Å². The van der Waals surface area contributed by atoms with E-state index in [9.17, 15) is 14.4 Å². The second-order valence-electron chi connectivity index (χ2n) is 9.29. The molecule has 1 aliphatic rings. The van der Waals surface area contributed by atoms with E-state index >= 15 is 0 Å².